The second-order valence-electron chi connectivity index (χ2n) is 6.77. The van der Waals surface area contributed by atoms with Crippen molar-refractivity contribution in [1.82, 2.24) is 14.7 Å². The van der Waals surface area contributed by atoms with Gasteiger partial charge in [0, 0.05) is 60.6 Å². The van der Waals surface area contributed by atoms with Gasteiger partial charge in [-0.25, -0.2) is 9.78 Å². The molecule has 1 fully saturated rings. The summed E-state index contributed by atoms with van der Waals surface area (Å²) in [6, 6.07) is 7.96. The van der Waals surface area contributed by atoms with E-state index in [9.17, 15) is 4.79 Å². The number of hydrogen-bond donors (Lipinski definition) is 1. The molecule has 0 unspecified atom stereocenters. The van der Waals surface area contributed by atoms with Gasteiger partial charge in [0.2, 0.25) is 0 Å². The van der Waals surface area contributed by atoms with Gasteiger partial charge in [0.05, 0.1) is 11.3 Å². The smallest absolute Gasteiger partial charge is 0.345 e. The van der Waals surface area contributed by atoms with Crippen LogP contribution in [0, 0.1) is 0 Å². The normalized spacial score (nSPS) is 15.1. The zero-order valence-corrected chi connectivity index (χ0v) is 15.9. The van der Waals surface area contributed by atoms with E-state index in [4.69, 9.17) is 4.42 Å². The lowest BCUT2D eigenvalue weighted by molar-refractivity contribution is 0.561. The van der Waals surface area contributed by atoms with E-state index in [-0.39, 0.29) is 5.63 Å². The molecule has 0 bridgehead atoms. The maximum atomic E-state index is 12.6. The molecule has 6 nitrogen and oxygen atoms in total. The van der Waals surface area contributed by atoms with Crippen LogP contribution in [0.3, 0.4) is 0 Å². The molecule has 1 N–H and O–H groups in total. The van der Waals surface area contributed by atoms with E-state index in [1.807, 2.05) is 28.8 Å². The second kappa shape index (κ2) is 6.51. The molecule has 0 atom stereocenters. The quantitative estimate of drug-likeness (QED) is 0.553. The van der Waals surface area contributed by atoms with Crippen molar-refractivity contribution in [3.63, 3.8) is 0 Å². The van der Waals surface area contributed by atoms with Crippen LogP contribution in [0.2, 0.25) is 0 Å². The summed E-state index contributed by atoms with van der Waals surface area (Å²) in [5.41, 5.74) is 2.53. The van der Waals surface area contributed by atoms with Gasteiger partial charge in [-0.2, -0.15) is 0 Å². The second-order valence-corrected chi connectivity index (χ2v) is 7.87. The van der Waals surface area contributed by atoms with Crippen molar-refractivity contribution in [2.45, 2.75) is 13.3 Å². The van der Waals surface area contributed by atoms with E-state index in [2.05, 4.69) is 34.4 Å². The summed E-state index contributed by atoms with van der Waals surface area (Å²) in [5.74, 6) is 0. The summed E-state index contributed by atoms with van der Waals surface area (Å²) < 4.78 is 7.63. The van der Waals surface area contributed by atoms with Gasteiger partial charge < -0.3 is 14.6 Å². The molecule has 0 saturated carbocycles. The summed E-state index contributed by atoms with van der Waals surface area (Å²) in [5, 5.41) is 4.26. The first kappa shape index (κ1) is 16.5. The number of nitrogens with one attached hydrogen (secondary N) is 1. The molecule has 4 heterocycles. The summed E-state index contributed by atoms with van der Waals surface area (Å²) in [6.45, 7) is 5.98. The number of anilines is 1. The van der Waals surface area contributed by atoms with Gasteiger partial charge in [-0.05, 0) is 24.6 Å². The lowest BCUT2D eigenvalue weighted by atomic mass is 10.1. The average Bonchev–Trinajstić information content (AvgIpc) is 3.26. The Morgan fingerprint density at radius 1 is 1.22 bits per heavy atom. The van der Waals surface area contributed by atoms with Crippen molar-refractivity contribution < 1.29 is 4.42 Å². The van der Waals surface area contributed by atoms with Gasteiger partial charge >= 0.3 is 5.63 Å². The van der Waals surface area contributed by atoms with Crippen LogP contribution in [-0.2, 0) is 6.42 Å². The molecule has 1 aliphatic rings. The number of fused-ring (bicyclic) bond motifs is 2. The lowest BCUT2D eigenvalue weighted by Crippen LogP contribution is -2.43. The third-order valence-electron chi connectivity index (χ3n) is 5.03. The molecule has 4 aromatic rings. The summed E-state index contributed by atoms with van der Waals surface area (Å²) in [6.07, 6.45) is 4.95. The monoisotopic (exact) mass is 380 g/mol. The van der Waals surface area contributed by atoms with Crippen molar-refractivity contribution in [3.8, 4) is 11.3 Å². The molecule has 1 aliphatic heterocycles. The molecule has 0 aliphatic carbocycles. The standard InChI is InChI=1S/C20H20N4O2S/c1-2-15-11-24-12-17(22-20(24)27-15)16-9-13-3-4-14(10-18(13)26-19(16)25)23-7-5-21-6-8-23/h3-4,9-12,21H,2,5-8H2,1H3. The Hall–Kier alpha value is -2.64. The van der Waals surface area contributed by atoms with Crippen LogP contribution in [0.4, 0.5) is 5.69 Å². The zero-order valence-electron chi connectivity index (χ0n) is 15.1. The largest absolute Gasteiger partial charge is 0.422 e. The highest BCUT2D eigenvalue weighted by Crippen LogP contribution is 2.27. The van der Waals surface area contributed by atoms with Gasteiger partial charge in [-0.1, -0.05) is 6.92 Å². The lowest BCUT2D eigenvalue weighted by Gasteiger charge is -2.29. The molecule has 27 heavy (non-hydrogen) atoms. The number of hydrogen-bond acceptors (Lipinski definition) is 6. The average molecular weight is 380 g/mol. The van der Waals surface area contributed by atoms with Crippen LogP contribution in [-0.4, -0.2) is 35.6 Å². The van der Waals surface area contributed by atoms with E-state index >= 15 is 0 Å². The number of thiazole rings is 1. The molecule has 0 amide bonds. The first-order valence-corrected chi connectivity index (χ1v) is 10.0. The molecule has 0 spiro atoms. The highest BCUT2D eigenvalue weighted by molar-refractivity contribution is 7.17. The Morgan fingerprint density at radius 2 is 2.07 bits per heavy atom. The van der Waals surface area contributed by atoms with Crippen LogP contribution in [0.25, 0.3) is 27.2 Å². The maximum absolute atomic E-state index is 12.6. The van der Waals surface area contributed by atoms with Crippen molar-refractivity contribution in [2.24, 2.45) is 0 Å². The zero-order chi connectivity index (χ0) is 18.4. The molecule has 0 radical (unpaired) electrons. The molecule has 7 heteroatoms. The fraction of sp³-hybridized carbons (Fsp3) is 0.300. The van der Waals surface area contributed by atoms with E-state index in [1.165, 1.54) is 4.88 Å². The third kappa shape index (κ3) is 2.93. The van der Waals surface area contributed by atoms with Crippen LogP contribution in [0.5, 0.6) is 0 Å². The Kier molecular flexibility index (Phi) is 3.98. The predicted molar refractivity (Wildman–Crippen MR) is 109 cm³/mol. The van der Waals surface area contributed by atoms with Crippen LogP contribution in [0.15, 0.2) is 45.9 Å². The van der Waals surface area contributed by atoms with Crippen molar-refractivity contribution in [1.29, 1.82) is 0 Å². The van der Waals surface area contributed by atoms with E-state index < -0.39 is 0 Å². The first-order valence-electron chi connectivity index (χ1n) is 9.22. The number of piperazine rings is 1. The predicted octanol–water partition coefficient (Wildman–Crippen LogP) is 3.14. The van der Waals surface area contributed by atoms with Gasteiger partial charge in [-0.3, -0.25) is 4.40 Å². The highest BCUT2D eigenvalue weighted by atomic mass is 32.1. The Bertz CT molecular complexity index is 1150. The Morgan fingerprint density at radius 3 is 2.85 bits per heavy atom. The van der Waals surface area contributed by atoms with Crippen molar-refractivity contribution >= 4 is 33.0 Å². The fourth-order valence-electron chi connectivity index (χ4n) is 3.53. The summed E-state index contributed by atoms with van der Waals surface area (Å²) >= 11 is 1.65. The van der Waals surface area contributed by atoms with Gasteiger partial charge in [-0.15, -0.1) is 11.3 Å². The van der Waals surface area contributed by atoms with Crippen LogP contribution < -0.4 is 15.8 Å². The van der Waals surface area contributed by atoms with Gasteiger partial charge in [0.1, 0.15) is 5.58 Å². The molecule has 3 aromatic heterocycles. The van der Waals surface area contributed by atoms with Gasteiger partial charge in [0.25, 0.3) is 0 Å². The van der Waals surface area contributed by atoms with E-state index in [0.717, 1.165) is 48.6 Å². The molecular weight excluding hydrogens is 360 g/mol. The molecule has 1 aromatic carbocycles. The Balaban J connectivity index is 1.55. The minimum Gasteiger partial charge on any atom is -0.422 e. The molecule has 138 valence electrons. The molecule has 1 saturated heterocycles. The number of aromatic nitrogens is 2. The minimum absolute atomic E-state index is 0.346. The number of imidazole rings is 1. The number of nitrogens with zero attached hydrogens (tertiary/aromatic N) is 3. The maximum Gasteiger partial charge on any atom is 0.345 e. The molecule has 5 rings (SSSR count). The summed E-state index contributed by atoms with van der Waals surface area (Å²) in [4.78, 5) is 21.7. The van der Waals surface area contributed by atoms with Crippen molar-refractivity contribution in [2.75, 3.05) is 31.1 Å². The van der Waals surface area contributed by atoms with Crippen molar-refractivity contribution in [3.05, 3.63) is 52.0 Å². The topological polar surface area (TPSA) is 62.8 Å². The van der Waals surface area contributed by atoms with E-state index in [1.54, 1.807) is 11.3 Å². The van der Waals surface area contributed by atoms with Crippen LogP contribution in [0.1, 0.15) is 11.8 Å². The SMILES string of the molecule is CCc1cn2cc(-c3cc4ccc(N5CCNCC5)cc4oc3=O)nc2s1. The van der Waals surface area contributed by atoms with Gasteiger partial charge in [0.15, 0.2) is 4.96 Å². The third-order valence-corrected chi connectivity index (χ3v) is 6.17. The fourth-order valence-corrected chi connectivity index (χ4v) is 4.43. The summed E-state index contributed by atoms with van der Waals surface area (Å²) in [7, 11) is 0. The molecular formula is C20H20N4O2S. The minimum atomic E-state index is -0.346. The van der Waals surface area contributed by atoms with E-state index in [0.29, 0.717) is 16.8 Å². The number of benzene rings is 1. The Labute approximate surface area is 160 Å². The first-order chi connectivity index (χ1) is 13.2. The highest BCUT2D eigenvalue weighted by Gasteiger charge is 2.15. The number of rotatable bonds is 3. The number of aryl methyl sites for hydroxylation is 1. The van der Waals surface area contributed by atoms with Crippen LogP contribution >= 0.6 is 11.3 Å².